The number of hydrogen-bond acceptors (Lipinski definition) is 1. The minimum absolute atomic E-state index is 0.157. The molecule has 1 nitrogen and oxygen atoms in total. The molecule has 11 heavy (non-hydrogen) atoms. The quantitative estimate of drug-likeness (QED) is 0.559. The lowest BCUT2D eigenvalue weighted by atomic mass is 10.4. The Morgan fingerprint density at radius 2 is 1.64 bits per heavy atom. The molecule has 0 aromatic carbocycles. The minimum atomic E-state index is -1.18. The van der Waals surface area contributed by atoms with Crippen LogP contribution in [0, 0.1) is 0 Å². The molecule has 0 heterocycles. The van der Waals surface area contributed by atoms with Gasteiger partial charge in [0.2, 0.25) is 5.78 Å². The van der Waals surface area contributed by atoms with Crippen LogP contribution in [0.25, 0.3) is 0 Å². The van der Waals surface area contributed by atoms with Crippen LogP contribution in [0.1, 0.15) is 0 Å². The molecule has 0 bridgehead atoms. The van der Waals surface area contributed by atoms with E-state index in [2.05, 4.69) is 0 Å². The molecule has 0 aromatic heterocycles. The van der Waals surface area contributed by atoms with Gasteiger partial charge in [-0.15, -0.1) is 23.2 Å². The summed E-state index contributed by atoms with van der Waals surface area (Å²) in [6, 6.07) is 0. The summed E-state index contributed by atoms with van der Waals surface area (Å²) in [4.78, 5) is 8.79. The largest absolute Gasteiger partial charge is 0.290 e. The number of carbonyl (C=O) groups excluding carboxylic acids is 1. The van der Waals surface area contributed by atoms with Crippen molar-refractivity contribution in [3.63, 3.8) is 0 Å². The fraction of sp³-hybridized carbons (Fsp3) is 0.400. The van der Waals surface area contributed by atoms with E-state index >= 15 is 0 Å². The highest BCUT2D eigenvalue weighted by Gasteiger charge is 2.15. The first-order chi connectivity index (χ1) is 4.95. The van der Waals surface area contributed by atoms with Gasteiger partial charge in [-0.1, -0.05) is 34.8 Å². The zero-order valence-electron chi connectivity index (χ0n) is 5.03. The lowest BCUT2D eigenvalue weighted by Gasteiger charge is -1.98. The van der Waals surface area contributed by atoms with Gasteiger partial charge in [-0.05, 0) is 6.08 Å². The zero-order valence-corrected chi connectivity index (χ0v) is 8.81. The minimum Gasteiger partial charge on any atom is -0.290 e. The Kier molecular flexibility index (Phi) is 5.93. The predicted octanol–water partition coefficient (Wildman–Crippen LogP) is 3.29. The van der Waals surface area contributed by atoms with Crippen LogP contribution in [0.2, 0.25) is 0 Å². The van der Waals surface area contributed by atoms with Crippen molar-refractivity contribution in [3.8, 4) is 0 Å². The molecule has 0 aliphatic carbocycles. The predicted molar refractivity (Wildman–Crippen MR) is 49.9 cm³/mol. The van der Waals surface area contributed by atoms with Crippen molar-refractivity contribution in [1.82, 2.24) is 0 Å². The second kappa shape index (κ2) is 5.50. The highest BCUT2D eigenvalue weighted by molar-refractivity contribution is 6.60. The van der Waals surface area contributed by atoms with Crippen LogP contribution in [-0.2, 0) is 4.79 Å². The smallest absolute Gasteiger partial charge is 0.206 e. The van der Waals surface area contributed by atoms with Crippen molar-refractivity contribution in [1.29, 1.82) is 0 Å². The molecule has 0 unspecified atom stereocenters. The van der Waals surface area contributed by atoms with E-state index < -0.39 is 15.5 Å². The lowest BCUT2D eigenvalue weighted by molar-refractivity contribution is -0.113. The summed E-state index contributed by atoms with van der Waals surface area (Å²) in [5.74, 6) is -0.610. The average Bonchev–Trinajstić information content (AvgIpc) is 1.84. The average molecular weight is 256 g/mol. The zero-order chi connectivity index (χ0) is 9.02. The molecule has 0 aliphatic heterocycles. The van der Waals surface area contributed by atoms with Crippen LogP contribution in [0.15, 0.2) is 11.1 Å². The molecule has 0 aliphatic rings. The van der Waals surface area contributed by atoms with Crippen molar-refractivity contribution in [2.75, 3.05) is 0 Å². The monoisotopic (exact) mass is 254 g/mol. The standard InChI is InChI=1S/C5H3Cl5O/c6-2(1-3(7)8)4(11)5(9)10/h1,3,5H. The summed E-state index contributed by atoms with van der Waals surface area (Å²) in [7, 11) is 0. The highest BCUT2D eigenvalue weighted by atomic mass is 35.5. The van der Waals surface area contributed by atoms with Crippen molar-refractivity contribution in [2.24, 2.45) is 0 Å². The van der Waals surface area contributed by atoms with Gasteiger partial charge in [-0.25, -0.2) is 0 Å². The Morgan fingerprint density at radius 3 is 1.91 bits per heavy atom. The second-order valence-corrected chi connectivity index (χ2v) is 4.18. The molecule has 6 heteroatoms. The highest BCUT2D eigenvalue weighted by Crippen LogP contribution is 2.16. The topological polar surface area (TPSA) is 17.1 Å². The normalized spacial score (nSPS) is 12.8. The molecule has 0 amide bonds. The van der Waals surface area contributed by atoms with Crippen LogP contribution in [0.3, 0.4) is 0 Å². The Bertz CT molecular complexity index is 174. The van der Waals surface area contributed by atoms with Crippen molar-refractivity contribution in [3.05, 3.63) is 11.1 Å². The number of allylic oxidation sites excluding steroid dienone is 2. The lowest BCUT2D eigenvalue weighted by Crippen LogP contribution is -2.07. The number of carbonyl (C=O) groups is 1. The van der Waals surface area contributed by atoms with Gasteiger partial charge in [0.05, 0.1) is 5.03 Å². The van der Waals surface area contributed by atoms with E-state index in [0.29, 0.717) is 0 Å². The van der Waals surface area contributed by atoms with E-state index in [-0.39, 0.29) is 5.03 Å². The number of ketones is 1. The summed E-state index contributed by atoms with van der Waals surface area (Å²) >= 11 is 26.4. The van der Waals surface area contributed by atoms with Crippen molar-refractivity contribution >= 4 is 63.8 Å². The number of Topliss-reactive ketones (excluding diaryl/α,β-unsaturated/α-hetero) is 1. The molecule has 0 atom stereocenters. The SMILES string of the molecule is O=C(C(Cl)=CC(Cl)Cl)C(Cl)Cl. The molecular formula is C5H3Cl5O. The number of halogens is 5. The molecule has 0 saturated heterocycles. The molecule has 0 fully saturated rings. The third kappa shape index (κ3) is 5.15. The molecular weight excluding hydrogens is 253 g/mol. The number of alkyl halides is 4. The third-order valence-corrected chi connectivity index (χ3v) is 1.67. The van der Waals surface area contributed by atoms with Crippen LogP contribution in [-0.4, -0.2) is 15.5 Å². The summed E-state index contributed by atoms with van der Waals surface area (Å²) < 4.78 is 0. The Labute approximate surface area is 89.2 Å². The van der Waals surface area contributed by atoms with Gasteiger partial charge in [-0.2, -0.15) is 0 Å². The van der Waals surface area contributed by atoms with Crippen LogP contribution >= 0.6 is 58.0 Å². The Balaban J connectivity index is 4.24. The van der Waals surface area contributed by atoms with Gasteiger partial charge >= 0.3 is 0 Å². The molecule has 0 radical (unpaired) electrons. The van der Waals surface area contributed by atoms with Crippen molar-refractivity contribution in [2.45, 2.75) is 9.67 Å². The van der Waals surface area contributed by atoms with E-state index in [9.17, 15) is 4.79 Å². The maximum Gasteiger partial charge on any atom is 0.206 e. The maximum atomic E-state index is 10.8. The number of hydrogen-bond donors (Lipinski definition) is 0. The Hall–Kier alpha value is 0.860. The Morgan fingerprint density at radius 1 is 1.18 bits per heavy atom. The van der Waals surface area contributed by atoms with Crippen LogP contribution in [0.4, 0.5) is 0 Å². The molecule has 64 valence electrons. The first kappa shape index (κ1) is 11.9. The van der Waals surface area contributed by atoms with E-state index in [1.54, 1.807) is 0 Å². The van der Waals surface area contributed by atoms with Gasteiger partial charge in [-0.3, -0.25) is 4.79 Å². The van der Waals surface area contributed by atoms with Gasteiger partial charge < -0.3 is 0 Å². The summed E-state index contributed by atoms with van der Waals surface area (Å²) in [5.41, 5.74) is 0. The molecule has 0 aromatic rings. The first-order valence-corrected chi connectivity index (χ1v) is 4.55. The fourth-order valence-corrected chi connectivity index (χ4v) is 1.26. The molecule has 0 N–H and O–H groups in total. The summed E-state index contributed by atoms with van der Waals surface area (Å²) in [6.07, 6.45) is 1.14. The molecule has 0 spiro atoms. The van der Waals surface area contributed by atoms with Gasteiger partial charge in [0.1, 0.15) is 4.84 Å². The first-order valence-electron chi connectivity index (χ1n) is 2.43. The molecule has 0 rings (SSSR count). The van der Waals surface area contributed by atoms with Crippen LogP contribution in [0.5, 0.6) is 0 Å². The number of rotatable bonds is 3. The van der Waals surface area contributed by atoms with Crippen molar-refractivity contribution < 1.29 is 4.79 Å². The fourth-order valence-electron chi connectivity index (χ4n) is 0.297. The van der Waals surface area contributed by atoms with Gasteiger partial charge in [0.25, 0.3) is 0 Å². The van der Waals surface area contributed by atoms with Gasteiger partial charge in [0.15, 0.2) is 4.84 Å². The third-order valence-electron chi connectivity index (χ3n) is 0.706. The summed E-state index contributed by atoms with van der Waals surface area (Å²) in [5, 5.41) is -0.157. The van der Waals surface area contributed by atoms with E-state index in [1.807, 2.05) is 0 Å². The second-order valence-electron chi connectivity index (χ2n) is 1.51. The molecule has 0 saturated carbocycles. The van der Waals surface area contributed by atoms with E-state index in [1.165, 1.54) is 0 Å². The maximum absolute atomic E-state index is 10.8. The van der Waals surface area contributed by atoms with E-state index in [0.717, 1.165) is 6.08 Å². The summed E-state index contributed by atoms with van der Waals surface area (Å²) in [6.45, 7) is 0. The van der Waals surface area contributed by atoms with E-state index in [4.69, 9.17) is 58.0 Å². The van der Waals surface area contributed by atoms with Gasteiger partial charge in [0, 0.05) is 0 Å². The van der Waals surface area contributed by atoms with Crippen LogP contribution < -0.4 is 0 Å².